The van der Waals surface area contributed by atoms with E-state index in [4.69, 9.17) is 11.6 Å². The second kappa shape index (κ2) is 10.5. The van der Waals surface area contributed by atoms with E-state index in [0.717, 1.165) is 35.8 Å². The number of hydrogen-bond acceptors (Lipinski definition) is 4. The Morgan fingerprint density at radius 2 is 1.81 bits per heavy atom. The first-order valence-corrected chi connectivity index (χ1v) is 12.8. The summed E-state index contributed by atoms with van der Waals surface area (Å²) in [6.45, 7) is 5.02. The minimum absolute atomic E-state index is 0.283. The normalized spacial score (nSPS) is 14.9. The molecule has 0 saturated carbocycles. The van der Waals surface area contributed by atoms with E-state index in [9.17, 15) is 13.2 Å². The maximum atomic E-state index is 12.6. The summed E-state index contributed by atoms with van der Waals surface area (Å²) in [5.74, 6) is -0.360. The van der Waals surface area contributed by atoms with Crippen LogP contribution in [0, 0.1) is 6.92 Å². The molecule has 31 heavy (non-hydrogen) atoms. The topological polar surface area (TPSA) is 69.7 Å². The van der Waals surface area contributed by atoms with Crippen LogP contribution in [0.1, 0.15) is 36.0 Å². The molecule has 0 bridgehead atoms. The van der Waals surface area contributed by atoms with E-state index in [-0.39, 0.29) is 12.5 Å². The van der Waals surface area contributed by atoms with Crippen LogP contribution in [-0.2, 0) is 27.9 Å². The van der Waals surface area contributed by atoms with Crippen molar-refractivity contribution in [1.29, 1.82) is 0 Å². The molecule has 3 rings (SSSR count). The molecule has 0 radical (unpaired) electrons. The Kier molecular flexibility index (Phi) is 7.97. The van der Waals surface area contributed by atoms with Crippen molar-refractivity contribution in [3.05, 3.63) is 64.2 Å². The summed E-state index contributed by atoms with van der Waals surface area (Å²) >= 11 is 5.98. The Morgan fingerprint density at radius 1 is 1.10 bits per heavy atom. The van der Waals surface area contributed by atoms with Crippen LogP contribution in [0.15, 0.2) is 42.5 Å². The van der Waals surface area contributed by atoms with Crippen LogP contribution in [0.2, 0.25) is 5.02 Å². The maximum Gasteiger partial charge on any atom is 0.241 e. The zero-order valence-electron chi connectivity index (χ0n) is 18.1. The molecule has 168 valence electrons. The number of benzene rings is 2. The number of hydrogen-bond donors (Lipinski definition) is 1. The Morgan fingerprint density at radius 3 is 2.48 bits per heavy atom. The van der Waals surface area contributed by atoms with E-state index >= 15 is 0 Å². The number of carbonyl (C=O) groups excluding carboxylic acids is 1. The van der Waals surface area contributed by atoms with Gasteiger partial charge in [0, 0.05) is 18.1 Å². The number of rotatable bonds is 8. The average Bonchev–Trinajstić information content (AvgIpc) is 2.71. The molecule has 0 unspecified atom stereocenters. The molecule has 2 aromatic rings. The predicted octanol–water partition coefficient (Wildman–Crippen LogP) is 3.72. The fourth-order valence-corrected chi connectivity index (χ4v) is 5.02. The summed E-state index contributed by atoms with van der Waals surface area (Å²) in [7, 11) is -3.63. The number of carbonyl (C=O) groups is 1. The number of nitrogens with zero attached hydrogens (tertiary/aromatic N) is 2. The Balaban J connectivity index is 1.62. The van der Waals surface area contributed by atoms with E-state index in [1.807, 2.05) is 12.1 Å². The van der Waals surface area contributed by atoms with E-state index in [2.05, 4.69) is 22.3 Å². The van der Waals surface area contributed by atoms with E-state index in [0.29, 0.717) is 22.8 Å². The SMILES string of the molecule is Cc1cc(Cl)ccc1N(CC(=O)NCc1cccc(CN2CCCCC2)c1)S(C)(=O)=O. The fraction of sp³-hybridized carbons (Fsp3) is 0.435. The van der Waals surface area contributed by atoms with Crippen LogP contribution in [0.25, 0.3) is 0 Å². The van der Waals surface area contributed by atoms with E-state index in [1.54, 1.807) is 25.1 Å². The van der Waals surface area contributed by atoms with Gasteiger partial charge in [0.1, 0.15) is 6.54 Å². The largest absolute Gasteiger partial charge is 0.350 e. The number of amides is 1. The quantitative estimate of drug-likeness (QED) is 0.647. The summed E-state index contributed by atoms with van der Waals surface area (Å²) in [4.78, 5) is 15.0. The molecule has 1 aliphatic heterocycles. The highest BCUT2D eigenvalue weighted by Crippen LogP contribution is 2.25. The van der Waals surface area contributed by atoms with Crippen LogP contribution in [0.4, 0.5) is 5.69 Å². The van der Waals surface area contributed by atoms with Crippen LogP contribution >= 0.6 is 11.6 Å². The first kappa shape index (κ1) is 23.6. The van der Waals surface area contributed by atoms with Crippen LogP contribution in [0.3, 0.4) is 0 Å². The summed E-state index contributed by atoms with van der Waals surface area (Å²) < 4.78 is 25.8. The highest BCUT2D eigenvalue weighted by atomic mass is 35.5. The Labute approximate surface area is 190 Å². The molecule has 1 aliphatic rings. The molecule has 1 saturated heterocycles. The van der Waals surface area contributed by atoms with Gasteiger partial charge in [0.2, 0.25) is 15.9 Å². The summed E-state index contributed by atoms with van der Waals surface area (Å²) in [5.41, 5.74) is 3.36. The lowest BCUT2D eigenvalue weighted by Crippen LogP contribution is -2.40. The lowest BCUT2D eigenvalue weighted by molar-refractivity contribution is -0.119. The first-order valence-electron chi connectivity index (χ1n) is 10.5. The highest BCUT2D eigenvalue weighted by Gasteiger charge is 2.22. The summed E-state index contributed by atoms with van der Waals surface area (Å²) in [6, 6.07) is 13.1. The van der Waals surface area contributed by atoms with Crippen molar-refractivity contribution in [2.45, 2.75) is 39.3 Å². The average molecular weight is 464 g/mol. The molecule has 1 N–H and O–H groups in total. The number of piperidine rings is 1. The third-order valence-electron chi connectivity index (χ3n) is 5.45. The Bertz CT molecular complexity index is 1020. The van der Waals surface area contributed by atoms with Crippen LogP contribution < -0.4 is 9.62 Å². The lowest BCUT2D eigenvalue weighted by atomic mass is 10.1. The molecule has 6 nitrogen and oxygen atoms in total. The third kappa shape index (κ3) is 6.95. The van der Waals surface area contributed by atoms with Crippen molar-refractivity contribution in [3.63, 3.8) is 0 Å². The number of nitrogens with one attached hydrogen (secondary N) is 1. The van der Waals surface area contributed by atoms with Gasteiger partial charge >= 0.3 is 0 Å². The molecule has 2 aromatic carbocycles. The lowest BCUT2D eigenvalue weighted by Gasteiger charge is -2.26. The molecular weight excluding hydrogens is 434 g/mol. The molecular formula is C23H30ClN3O3S. The van der Waals surface area contributed by atoms with Gasteiger partial charge in [-0.2, -0.15) is 0 Å². The van der Waals surface area contributed by atoms with Crippen LogP contribution in [-0.4, -0.2) is 45.1 Å². The van der Waals surface area contributed by atoms with Gasteiger partial charge < -0.3 is 5.32 Å². The minimum atomic E-state index is -3.63. The second-order valence-corrected chi connectivity index (χ2v) is 10.5. The molecule has 0 aromatic heterocycles. The van der Waals surface area contributed by atoms with Crippen molar-refractivity contribution in [3.8, 4) is 0 Å². The van der Waals surface area contributed by atoms with Gasteiger partial charge in [-0.25, -0.2) is 8.42 Å². The number of anilines is 1. The molecule has 8 heteroatoms. The standard InChI is InChI=1S/C23H30ClN3O3S/c1-18-13-21(24)9-10-22(18)27(31(2,29)30)17-23(28)25-15-19-7-6-8-20(14-19)16-26-11-4-3-5-12-26/h6-10,13-14H,3-5,11-12,15-17H2,1-2H3,(H,25,28). The molecule has 1 amide bonds. The number of likely N-dealkylation sites (tertiary alicyclic amines) is 1. The van der Waals surface area contributed by atoms with E-state index < -0.39 is 10.0 Å². The van der Waals surface area contributed by atoms with Crippen molar-refractivity contribution in [1.82, 2.24) is 10.2 Å². The fourth-order valence-electron chi connectivity index (χ4n) is 3.88. The van der Waals surface area contributed by atoms with Crippen molar-refractivity contribution >= 4 is 33.2 Å². The molecule has 0 spiro atoms. The number of sulfonamides is 1. The smallest absolute Gasteiger partial charge is 0.241 e. The predicted molar refractivity (Wildman–Crippen MR) is 126 cm³/mol. The Hall–Kier alpha value is -2.09. The number of aryl methyl sites for hydroxylation is 1. The highest BCUT2D eigenvalue weighted by molar-refractivity contribution is 7.92. The number of halogens is 1. The third-order valence-corrected chi connectivity index (χ3v) is 6.81. The van der Waals surface area contributed by atoms with Gasteiger partial charge in [-0.3, -0.25) is 14.0 Å². The maximum absolute atomic E-state index is 12.6. The molecule has 1 fully saturated rings. The van der Waals surface area contributed by atoms with Crippen molar-refractivity contribution in [2.24, 2.45) is 0 Å². The van der Waals surface area contributed by atoms with Gasteiger partial charge in [0.05, 0.1) is 11.9 Å². The molecule has 1 heterocycles. The van der Waals surface area contributed by atoms with Gasteiger partial charge in [-0.1, -0.05) is 42.3 Å². The monoisotopic (exact) mass is 463 g/mol. The van der Waals surface area contributed by atoms with Crippen LogP contribution in [0.5, 0.6) is 0 Å². The van der Waals surface area contributed by atoms with E-state index in [1.165, 1.54) is 24.8 Å². The molecule has 0 atom stereocenters. The summed E-state index contributed by atoms with van der Waals surface area (Å²) in [5, 5.41) is 3.37. The zero-order chi connectivity index (χ0) is 22.4. The van der Waals surface area contributed by atoms with Gasteiger partial charge in [-0.05, 0) is 67.7 Å². The van der Waals surface area contributed by atoms with Gasteiger partial charge in [-0.15, -0.1) is 0 Å². The van der Waals surface area contributed by atoms with Gasteiger partial charge in [0.25, 0.3) is 0 Å². The first-order chi connectivity index (χ1) is 14.7. The van der Waals surface area contributed by atoms with Crippen molar-refractivity contribution < 1.29 is 13.2 Å². The summed E-state index contributed by atoms with van der Waals surface area (Å²) in [6.07, 6.45) is 4.90. The van der Waals surface area contributed by atoms with Gasteiger partial charge in [0.15, 0.2) is 0 Å². The minimum Gasteiger partial charge on any atom is -0.350 e. The molecule has 0 aliphatic carbocycles. The van der Waals surface area contributed by atoms with Crippen molar-refractivity contribution in [2.75, 3.05) is 30.2 Å². The second-order valence-electron chi connectivity index (χ2n) is 8.13. The zero-order valence-corrected chi connectivity index (χ0v) is 19.7.